The number of nitrogens with two attached hydrogens (primary N) is 2. The number of hydrogen-bond acceptors (Lipinski definition) is 5. The molecular formula is C30H43FN4O4. The Hall–Kier alpha value is -3.46. The normalized spacial score (nSPS) is 14.7. The number of primary amides is 1. The number of halogens is 1. The standard InChI is InChI=1S/C30H43FN4O4/c1-8-18(2)26(35(7)28(38)23(32)16-19-9-12-21(31)13-10-19)29(39)34(6)24(27(33)37)17-20-11-14-25(36)22(15-20)30(3,4)5/h9-15,18,23-24,26,36H,8,16-17,32H2,1-7H3,(H2,33,37)/t18?,23-,24-,26+/m0/s1. The minimum absolute atomic E-state index is 0.149. The molecule has 0 aromatic heterocycles. The Morgan fingerprint density at radius 1 is 0.949 bits per heavy atom. The molecule has 0 saturated heterocycles. The number of carbonyl (C=O) groups excluding carboxylic acids is 3. The second kappa shape index (κ2) is 13.1. The minimum atomic E-state index is -0.974. The smallest absolute Gasteiger partial charge is 0.246 e. The summed E-state index contributed by atoms with van der Waals surface area (Å²) < 4.78 is 13.3. The summed E-state index contributed by atoms with van der Waals surface area (Å²) in [6, 6.07) is 8.06. The van der Waals surface area contributed by atoms with Gasteiger partial charge in [-0.15, -0.1) is 0 Å². The first kappa shape index (κ1) is 31.8. The van der Waals surface area contributed by atoms with Crippen molar-refractivity contribution in [2.45, 2.75) is 77.4 Å². The number of rotatable bonds is 11. The lowest BCUT2D eigenvalue weighted by molar-refractivity contribution is -0.149. The lowest BCUT2D eigenvalue weighted by Crippen LogP contribution is -2.58. The van der Waals surface area contributed by atoms with E-state index in [1.165, 1.54) is 36.0 Å². The largest absolute Gasteiger partial charge is 0.508 e. The maximum atomic E-state index is 13.8. The molecule has 0 aliphatic heterocycles. The van der Waals surface area contributed by atoms with E-state index in [0.717, 1.165) is 11.1 Å². The van der Waals surface area contributed by atoms with Gasteiger partial charge in [-0.2, -0.15) is 0 Å². The molecule has 39 heavy (non-hydrogen) atoms. The first-order chi connectivity index (χ1) is 18.1. The predicted octanol–water partition coefficient (Wildman–Crippen LogP) is 3.13. The number of amides is 3. The van der Waals surface area contributed by atoms with Gasteiger partial charge >= 0.3 is 0 Å². The Bertz CT molecular complexity index is 1160. The Balaban J connectivity index is 2.30. The molecule has 0 heterocycles. The predicted molar refractivity (Wildman–Crippen MR) is 150 cm³/mol. The van der Waals surface area contributed by atoms with E-state index >= 15 is 0 Å². The van der Waals surface area contributed by atoms with Crippen LogP contribution in [0.1, 0.15) is 57.7 Å². The second-order valence-electron chi connectivity index (χ2n) is 11.4. The van der Waals surface area contributed by atoms with Crippen LogP contribution in [0, 0.1) is 11.7 Å². The molecular weight excluding hydrogens is 499 g/mol. The molecule has 0 aliphatic carbocycles. The third-order valence-corrected chi connectivity index (χ3v) is 7.33. The monoisotopic (exact) mass is 542 g/mol. The fourth-order valence-electron chi connectivity index (χ4n) is 4.70. The van der Waals surface area contributed by atoms with E-state index < -0.39 is 35.8 Å². The highest BCUT2D eigenvalue weighted by molar-refractivity contribution is 5.93. The van der Waals surface area contributed by atoms with E-state index in [-0.39, 0.29) is 35.7 Å². The van der Waals surface area contributed by atoms with Crippen molar-refractivity contribution in [3.8, 4) is 5.75 Å². The molecule has 2 rings (SSSR count). The number of aromatic hydroxyl groups is 1. The van der Waals surface area contributed by atoms with Crippen molar-refractivity contribution in [3.63, 3.8) is 0 Å². The van der Waals surface area contributed by atoms with Crippen LogP contribution < -0.4 is 11.5 Å². The average molecular weight is 543 g/mol. The Labute approximate surface area is 231 Å². The maximum absolute atomic E-state index is 13.8. The van der Waals surface area contributed by atoms with Gasteiger partial charge in [-0.05, 0) is 52.6 Å². The number of nitrogens with zero attached hydrogens (tertiary/aromatic N) is 2. The fourth-order valence-corrected chi connectivity index (χ4v) is 4.70. The quantitative estimate of drug-likeness (QED) is 0.402. The number of phenols is 1. The van der Waals surface area contributed by atoms with Gasteiger partial charge < -0.3 is 26.4 Å². The van der Waals surface area contributed by atoms with Crippen LogP contribution in [0.25, 0.3) is 0 Å². The summed E-state index contributed by atoms with van der Waals surface area (Å²) in [5.74, 6) is -2.00. The third-order valence-electron chi connectivity index (χ3n) is 7.33. The van der Waals surface area contributed by atoms with Crippen molar-refractivity contribution >= 4 is 17.7 Å². The van der Waals surface area contributed by atoms with Crippen LogP contribution in [-0.4, -0.2) is 64.8 Å². The van der Waals surface area contributed by atoms with Crippen LogP contribution in [0.15, 0.2) is 42.5 Å². The van der Waals surface area contributed by atoms with Crippen molar-refractivity contribution in [1.29, 1.82) is 0 Å². The zero-order chi connectivity index (χ0) is 29.7. The lowest BCUT2D eigenvalue weighted by Gasteiger charge is -2.37. The molecule has 3 amide bonds. The number of carbonyl (C=O) groups is 3. The summed E-state index contributed by atoms with van der Waals surface area (Å²) in [7, 11) is 3.04. The van der Waals surface area contributed by atoms with Crippen LogP contribution in [0.5, 0.6) is 5.75 Å². The van der Waals surface area contributed by atoms with Gasteiger partial charge in [0, 0.05) is 20.5 Å². The lowest BCUT2D eigenvalue weighted by atomic mass is 9.84. The molecule has 0 spiro atoms. The molecule has 0 fully saturated rings. The van der Waals surface area contributed by atoms with Crippen molar-refractivity contribution in [3.05, 3.63) is 65.0 Å². The highest BCUT2D eigenvalue weighted by Gasteiger charge is 2.38. The van der Waals surface area contributed by atoms with E-state index in [4.69, 9.17) is 11.5 Å². The summed E-state index contributed by atoms with van der Waals surface area (Å²) in [6.45, 7) is 9.69. The number of benzene rings is 2. The van der Waals surface area contributed by atoms with Crippen LogP contribution >= 0.6 is 0 Å². The first-order valence-corrected chi connectivity index (χ1v) is 13.2. The van der Waals surface area contributed by atoms with Gasteiger partial charge in [-0.1, -0.05) is 65.3 Å². The number of hydrogen-bond donors (Lipinski definition) is 3. The van der Waals surface area contributed by atoms with Gasteiger partial charge in [0.05, 0.1) is 6.04 Å². The van der Waals surface area contributed by atoms with Crippen LogP contribution in [0.4, 0.5) is 4.39 Å². The Kier molecular flexibility index (Phi) is 10.6. The van der Waals surface area contributed by atoms with E-state index in [9.17, 15) is 23.9 Å². The summed E-state index contributed by atoms with van der Waals surface area (Å²) in [5.41, 5.74) is 13.8. The fraction of sp³-hybridized carbons (Fsp3) is 0.500. The van der Waals surface area contributed by atoms with Crippen molar-refractivity contribution in [1.82, 2.24) is 9.80 Å². The van der Waals surface area contributed by atoms with Gasteiger partial charge in [0.25, 0.3) is 0 Å². The molecule has 8 nitrogen and oxygen atoms in total. The minimum Gasteiger partial charge on any atom is -0.508 e. The third kappa shape index (κ3) is 8.02. The number of phenolic OH excluding ortho intramolecular Hbond substituents is 1. The topological polar surface area (TPSA) is 130 Å². The van der Waals surface area contributed by atoms with E-state index in [2.05, 4.69) is 0 Å². The molecule has 2 aromatic carbocycles. The van der Waals surface area contributed by atoms with Gasteiger partial charge in [-0.25, -0.2) is 4.39 Å². The SMILES string of the molecule is CCC(C)[C@H](C(=O)N(C)[C@@H](Cc1ccc(O)c(C(C)(C)C)c1)C(N)=O)N(C)C(=O)[C@@H](N)Cc1ccc(F)cc1. The van der Waals surface area contributed by atoms with Gasteiger partial charge in [0.15, 0.2) is 0 Å². The molecule has 0 saturated carbocycles. The zero-order valence-electron chi connectivity index (χ0n) is 24.1. The number of likely N-dealkylation sites (N-methyl/N-ethyl adjacent to an activating group) is 2. The summed E-state index contributed by atoms with van der Waals surface area (Å²) in [6.07, 6.45) is 0.931. The maximum Gasteiger partial charge on any atom is 0.246 e. The molecule has 214 valence electrons. The first-order valence-electron chi connectivity index (χ1n) is 13.2. The van der Waals surface area contributed by atoms with Crippen molar-refractivity contribution < 1.29 is 23.9 Å². The Morgan fingerprint density at radius 3 is 2.03 bits per heavy atom. The van der Waals surface area contributed by atoms with Gasteiger partial charge in [0.1, 0.15) is 23.7 Å². The molecule has 2 aromatic rings. The van der Waals surface area contributed by atoms with Gasteiger partial charge in [0.2, 0.25) is 17.7 Å². The molecule has 4 atom stereocenters. The molecule has 5 N–H and O–H groups in total. The molecule has 1 unspecified atom stereocenters. The average Bonchev–Trinajstić information content (AvgIpc) is 2.87. The van der Waals surface area contributed by atoms with E-state index in [0.29, 0.717) is 12.0 Å². The molecule has 0 radical (unpaired) electrons. The highest BCUT2D eigenvalue weighted by atomic mass is 19.1. The second-order valence-corrected chi connectivity index (χ2v) is 11.4. The summed E-state index contributed by atoms with van der Waals surface area (Å²) in [5, 5.41) is 10.3. The molecule has 9 heteroatoms. The van der Waals surface area contributed by atoms with Gasteiger partial charge in [-0.3, -0.25) is 14.4 Å². The van der Waals surface area contributed by atoms with Crippen LogP contribution in [-0.2, 0) is 32.6 Å². The van der Waals surface area contributed by atoms with Crippen molar-refractivity contribution in [2.75, 3.05) is 14.1 Å². The molecule has 0 bridgehead atoms. The molecule has 0 aliphatic rings. The van der Waals surface area contributed by atoms with E-state index in [1.807, 2.05) is 40.7 Å². The van der Waals surface area contributed by atoms with Crippen LogP contribution in [0.3, 0.4) is 0 Å². The summed E-state index contributed by atoms with van der Waals surface area (Å²) in [4.78, 5) is 42.3. The van der Waals surface area contributed by atoms with Crippen LogP contribution in [0.2, 0.25) is 0 Å². The van der Waals surface area contributed by atoms with Crippen molar-refractivity contribution in [2.24, 2.45) is 17.4 Å². The van der Waals surface area contributed by atoms with E-state index in [1.54, 1.807) is 24.3 Å². The summed E-state index contributed by atoms with van der Waals surface area (Å²) >= 11 is 0. The zero-order valence-corrected chi connectivity index (χ0v) is 24.1. The highest BCUT2D eigenvalue weighted by Crippen LogP contribution is 2.32. The Morgan fingerprint density at radius 2 is 1.51 bits per heavy atom.